The molecule has 0 aromatic rings. The van der Waals surface area contributed by atoms with E-state index in [1.807, 2.05) is 0 Å². The average Bonchev–Trinajstić information content (AvgIpc) is 2.14. The van der Waals surface area contributed by atoms with Crippen molar-refractivity contribution in [2.45, 2.75) is 52.5 Å². The summed E-state index contributed by atoms with van der Waals surface area (Å²) < 4.78 is 0. The van der Waals surface area contributed by atoms with Gasteiger partial charge in [0.05, 0.1) is 0 Å². The summed E-state index contributed by atoms with van der Waals surface area (Å²) in [4.78, 5) is 0. The molecular formula is C11H21N3S. The van der Waals surface area contributed by atoms with E-state index in [1.54, 1.807) is 0 Å². The van der Waals surface area contributed by atoms with Crippen molar-refractivity contribution in [2.75, 3.05) is 0 Å². The summed E-state index contributed by atoms with van der Waals surface area (Å²) in [5.74, 6) is 0.769. The van der Waals surface area contributed by atoms with E-state index in [0.717, 1.165) is 18.8 Å². The topological polar surface area (TPSA) is 36.4 Å². The first-order chi connectivity index (χ1) is 7.08. The summed E-state index contributed by atoms with van der Waals surface area (Å²) in [6.45, 7) is 6.40. The molecule has 0 saturated heterocycles. The normalized spacial score (nSPS) is 24.3. The fourth-order valence-corrected chi connectivity index (χ4v) is 2.07. The molecule has 0 aromatic heterocycles. The third-order valence-electron chi connectivity index (χ3n) is 2.48. The lowest BCUT2D eigenvalue weighted by Crippen LogP contribution is -2.37. The molecule has 1 atom stereocenters. The maximum Gasteiger partial charge on any atom is 0.187 e. The second-order valence-electron chi connectivity index (χ2n) is 4.62. The van der Waals surface area contributed by atoms with Crippen LogP contribution in [0.2, 0.25) is 0 Å². The Balaban J connectivity index is 2.33. The van der Waals surface area contributed by atoms with Gasteiger partial charge in [-0.25, -0.2) is 0 Å². The number of nitrogens with one attached hydrogen (secondary N) is 2. The van der Waals surface area contributed by atoms with Gasteiger partial charge in [-0.3, -0.25) is 5.43 Å². The Labute approximate surface area is 97.7 Å². The van der Waals surface area contributed by atoms with Gasteiger partial charge in [-0.2, -0.15) is 5.10 Å². The standard InChI is InChI=1S/C11H21N3S/c1-8(2)12-11(15)14-13-10-6-4-5-9(3)7-10/h8-9H,4-7H2,1-3H3,(H2,12,14,15)/b13-10-/t9-/m0/s1. The molecule has 0 radical (unpaired) electrons. The quantitative estimate of drug-likeness (QED) is 0.562. The minimum atomic E-state index is 0.357. The zero-order valence-corrected chi connectivity index (χ0v) is 10.7. The molecule has 0 aliphatic heterocycles. The predicted octanol–water partition coefficient (Wildman–Crippen LogP) is 2.43. The summed E-state index contributed by atoms with van der Waals surface area (Å²) in [7, 11) is 0. The molecule has 0 bridgehead atoms. The predicted molar refractivity (Wildman–Crippen MR) is 69.1 cm³/mol. The van der Waals surface area contributed by atoms with Crippen molar-refractivity contribution < 1.29 is 0 Å². The Hall–Kier alpha value is -0.640. The number of rotatable bonds is 2. The van der Waals surface area contributed by atoms with Crippen molar-refractivity contribution in [3.63, 3.8) is 0 Å². The van der Waals surface area contributed by atoms with Crippen LogP contribution < -0.4 is 10.7 Å². The van der Waals surface area contributed by atoms with Gasteiger partial charge in [0.15, 0.2) is 5.11 Å². The lowest BCUT2D eigenvalue weighted by Gasteiger charge is -2.19. The zero-order chi connectivity index (χ0) is 11.3. The van der Waals surface area contributed by atoms with E-state index in [-0.39, 0.29) is 0 Å². The monoisotopic (exact) mass is 227 g/mol. The number of hydrogen-bond donors (Lipinski definition) is 2. The molecule has 15 heavy (non-hydrogen) atoms. The lowest BCUT2D eigenvalue weighted by molar-refractivity contribution is 0.498. The molecule has 3 nitrogen and oxygen atoms in total. The number of nitrogens with zero attached hydrogens (tertiary/aromatic N) is 1. The van der Waals surface area contributed by atoms with Crippen LogP contribution in [0.3, 0.4) is 0 Å². The Morgan fingerprint density at radius 3 is 2.87 bits per heavy atom. The molecular weight excluding hydrogens is 206 g/mol. The number of hydrogen-bond acceptors (Lipinski definition) is 2. The van der Waals surface area contributed by atoms with Crippen molar-refractivity contribution >= 4 is 23.0 Å². The largest absolute Gasteiger partial charge is 0.359 e. The van der Waals surface area contributed by atoms with Gasteiger partial charge in [0.1, 0.15) is 0 Å². The Bertz CT molecular complexity index is 248. The van der Waals surface area contributed by atoms with Gasteiger partial charge in [-0.05, 0) is 57.7 Å². The number of thiocarbonyl (C=S) groups is 1. The van der Waals surface area contributed by atoms with Crippen LogP contribution in [0.5, 0.6) is 0 Å². The van der Waals surface area contributed by atoms with Gasteiger partial charge in [-0.15, -0.1) is 0 Å². The molecule has 0 spiro atoms. The van der Waals surface area contributed by atoms with Gasteiger partial charge in [-0.1, -0.05) is 6.92 Å². The van der Waals surface area contributed by atoms with Gasteiger partial charge >= 0.3 is 0 Å². The summed E-state index contributed by atoms with van der Waals surface area (Å²) in [6, 6.07) is 0.357. The van der Waals surface area contributed by atoms with Gasteiger partial charge in [0.2, 0.25) is 0 Å². The van der Waals surface area contributed by atoms with Gasteiger partial charge < -0.3 is 5.32 Å². The molecule has 1 aliphatic rings. The van der Waals surface area contributed by atoms with Crippen molar-refractivity contribution in [3.8, 4) is 0 Å². The van der Waals surface area contributed by atoms with Crippen LogP contribution >= 0.6 is 12.2 Å². The van der Waals surface area contributed by atoms with Crippen LogP contribution in [0.25, 0.3) is 0 Å². The first kappa shape index (κ1) is 12.4. The van der Waals surface area contributed by atoms with E-state index in [2.05, 4.69) is 36.6 Å². The van der Waals surface area contributed by atoms with Crippen LogP contribution in [0.1, 0.15) is 46.5 Å². The highest BCUT2D eigenvalue weighted by Gasteiger charge is 2.13. The first-order valence-electron chi connectivity index (χ1n) is 5.70. The van der Waals surface area contributed by atoms with Gasteiger partial charge in [0.25, 0.3) is 0 Å². The molecule has 0 unspecified atom stereocenters. The molecule has 0 aromatic carbocycles. The summed E-state index contributed by atoms with van der Waals surface area (Å²) in [6.07, 6.45) is 4.80. The van der Waals surface area contributed by atoms with Crippen molar-refractivity contribution in [1.29, 1.82) is 0 Å². The molecule has 0 amide bonds. The summed E-state index contributed by atoms with van der Waals surface area (Å²) in [5, 5.41) is 8.08. The molecule has 4 heteroatoms. The van der Waals surface area contributed by atoms with E-state index in [9.17, 15) is 0 Å². The molecule has 0 heterocycles. The summed E-state index contributed by atoms with van der Waals surface area (Å²) >= 11 is 5.10. The second kappa shape index (κ2) is 6.05. The van der Waals surface area contributed by atoms with Crippen molar-refractivity contribution in [3.05, 3.63) is 0 Å². The Morgan fingerprint density at radius 1 is 1.53 bits per heavy atom. The smallest absolute Gasteiger partial charge is 0.187 e. The van der Waals surface area contributed by atoms with E-state index in [1.165, 1.54) is 18.6 Å². The highest BCUT2D eigenvalue weighted by atomic mass is 32.1. The minimum Gasteiger partial charge on any atom is -0.359 e. The second-order valence-corrected chi connectivity index (χ2v) is 5.03. The Kier molecular flexibility index (Phi) is 5.02. The van der Waals surface area contributed by atoms with Crippen molar-refractivity contribution in [2.24, 2.45) is 11.0 Å². The molecule has 1 saturated carbocycles. The van der Waals surface area contributed by atoms with E-state index in [4.69, 9.17) is 12.2 Å². The number of hydrazone groups is 1. The third-order valence-corrected chi connectivity index (χ3v) is 2.69. The van der Waals surface area contributed by atoms with Crippen LogP contribution in [0.4, 0.5) is 0 Å². The third kappa shape index (κ3) is 5.11. The maximum absolute atomic E-state index is 5.10. The SMILES string of the molecule is CC(C)NC(=S)N/N=C1/CCC[C@H](C)C1. The maximum atomic E-state index is 5.10. The van der Waals surface area contributed by atoms with Crippen LogP contribution in [0.15, 0.2) is 5.10 Å². The van der Waals surface area contributed by atoms with E-state index in [0.29, 0.717) is 11.2 Å². The highest BCUT2D eigenvalue weighted by Crippen LogP contribution is 2.20. The van der Waals surface area contributed by atoms with Crippen LogP contribution in [-0.4, -0.2) is 16.9 Å². The minimum absolute atomic E-state index is 0.357. The molecule has 1 aliphatic carbocycles. The molecule has 86 valence electrons. The molecule has 2 N–H and O–H groups in total. The molecule has 1 rings (SSSR count). The van der Waals surface area contributed by atoms with Crippen LogP contribution in [0, 0.1) is 5.92 Å². The fraction of sp³-hybridized carbons (Fsp3) is 0.818. The average molecular weight is 227 g/mol. The van der Waals surface area contributed by atoms with Gasteiger partial charge in [0, 0.05) is 11.8 Å². The lowest BCUT2D eigenvalue weighted by atomic mass is 9.89. The first-order valence-corrected chi connectivity index (χ1v) is 6.10. The highest BCUT2D eigenvalue weighted by molar-refractivity contribution is 7.80. The molecule has 1 fully saturated rings. The Morgan fingerprint density at radius 2 is 2.27 bits per heavy atom. The summed E-state index contributed by atoms with van der Waals surface area (Å²) in [5.41, 5.74) is 4.16. The van der Waals surface area contributed by atoms with E-state index < -0.39 is 0 Å². The zero-order valence-electron chi connectivity index (χ0n) is 9.84. The van der Waals surface area contributed by atoms with E-state index >= 15 is 0 Å². The fourth-order valence-electron chi connectivity index (χ4n) is 1.79. The van der Waals surface area contributed by atoms with Crippen LogP contribution in [-0.2, 0) is 0 Å². The van der Waals surface area contributed by atoms with Crippen molar-refractivity contribution in [1.82, 2.24) is 10.7 Å².